The maximum Gasteiger partial charge on any atom is 0.247 e. The van der Waals surface area contributed by atoms with Crippen LogP contribution in [0.15, 0.2) is 47.9 Å². The molecule has 2 aromatic rings. The first-order valence-electron chi connectivity index (χ1n) is 8.32. The first-order valence-corrected chi connectivity index (χ1v) is 11.0. The van der Waals surface area contributed by atoms with Gasteiger partial charge in [0, 0.05) is 17.0 Å². The molecule has 1 fully saturated rings. The standard InChI is InChI=1S/C19H21NO4S2/c1-24-17-7-4-15(5-8-17)6-9-19(21)20(13-18-3-2-11-25-18)16-10-12-26(22,23)14-16/h2-9,11,16H,10,12-14H2,1H3/b9-6+/t16-/m0/s1. The van der Waals surface area contributed by atoms with Crippen LogP contribution in [0.4, 0.5) is 0 Å². The van der Waals surface area contributed by atoms with E-state index in [0.717, 1.165) is 16.2 Å². The van der Waals surface area contributed by atoms with Crippen molar-refractivity contribution >= 4 is 33.2 Å². The number of benzene rings is 1. The molecule has 0 radical (unpaired) electrons. The number of amides is 1. The quantitative estimate of drug-likeness (QED) is 0.710. The third kappa shape index (κ3) is 4.74. The van der Waals surface area contributed by atoms with Crippen molar-refractivity contribution in [1.29, 1.82) is 0 Å². The van der Waals surface area contributed by atoms with Gasteiger partial charge < -0.3 is 9.64 Å². The number of ether oxygens (including phenoxy) is 1. The molecule has 1 saturated heterocycles. The van der Waals surface area contributed by atoms with Crippen LogP contribution in [0.2, 0.25) is 0 Å². The molecule has 1 aliphatic heterocycles. The average Bonchev–Trinajstić information content (AvgIpc) is 3.27. The third-order valence-electron chi connectivity index (χ3n) is 4.37. The lowest BCUT2D eigenvalue weighted by atomic mass is 10.1. The summed E-state index contributed by atoms with van der Waals surface area (Å²) in [5.74, 6) is 0.773. The van der Waals surface area contributed by atoms with Crippen molar-refractivity contribution in [3.05, 3.63) is 58.3 Å². The summed E-state index contributed by atoms with van der Waals surface area (Å²) in [7, 11) is -1.45. The van der Waals surface area contributed by atoms with Gasteiger partial charge in [0.05, 0.1) is 25.2 Å². The van der Waals surface area contributed by atoms with Crippen molar-refractivity contribution in [2.45, 2.75) is 19.0 Å². The largest absolute Gasteiger partial charge is 0.497 e. The maximum absolute atomic E-state index is 12.8. The van der Waals surface area contributed by atoms with Crippen molar-refractivity contribution in [2.75, 3.05) is 18.6 Å². The molecule has 7 heteroatoms. The van der Waals surface area contributed by atoms with Gasteiger partial charge in [-0.25, -0.2) is 8.42 Å². The van der Waals surface area contributed by atoms with Crippen molar-refractivity contribution in [1.82, 2.24) is 4.90 Å². The highest BCUT2D eigenvalue weighted by Gasteiger charge is 2.34. The van der Waals surface area contributed by atoms with E-state index in [2.05, 4.69) is 0 Å². The molecule has 3 rings (SSSR count). The first-order chi connectivity index (χ1) is 12.5. The topological polar surface area (TPSA) is 63.7 Å². The molecule has 0 N–H and O–H groups in total. The normalized spacial score (nSPS) is 18.9. The number of thiophene rings is 1. The molecule has 1 amide bonds. The fourth-order valence-electron chi connectivity index (χ4n) is 2.96. The van der Waals surface area contributed by atoms with Crippen molar-refractivity contribution in [3.63, 3.8) is 0 Å². The SMILES string of the molecule is COc1ccc(/C=C/C(=O)N(Cc2cccs2)[C@H]2CCS(=O)(=O)C2)cc1. The lowest BCUT2D eigenvalue weighted by molar-refractivity contribution is -0.128. The molecule has 138 valence electrons. The van der Waals surface area contributed by atoms with E-state index >= 15 is 0 Å². The molecule has 0 spiro atoms. The van der Waals surface area contributed by atoms with Crippen LogP contribution in [0.1, 0.15) is 16.9 Å². The number of sulfone groups is 1. The van der Waals surface area contributed by atoms with Gasteiger partial charge in [-0.3, -0.25) is 4.79 Å². The van der Waals surface area contributed by atoms with E-state index in [0.29, 0.717) is 13.0 Å². The van der Waals surface area contributed by atoms with Gasteiger partial charge in [-0.1, -0.05) is 18.2 Å². The Kier molecular flexibility index (Phi) is 5.78. The number of methoxy groups -OCH3 is 1. The fraction of sp³-hybridized carbons (Fsp3) is 0.316. The van der Waals surface area contributed by atoms with Crippen LogP contribution in [0.25, 0.3) is 6.08 Å². The Morgan fingerprint density at radius 1 is 1.31 bits per heavy atom. The summed E-state index contributed by atoms with van der Waals surface area (Å²) in [5.41, 5.74) is 0.884. The van der Waals surface area contributed by atoms with E-state index in [9.17, 15) is 13.2 Å². The molecule has 2 heterocycles. The molecule has 1 aliphatic rings. The van der Waals surface area contributed by atoms with Crippen LogP contribution in [0.5, 0.6) is 5.75 Å². The predicted octanol–water partition coefficient (Wildman–Crippen LogP) is 2.99. The van der Waals surface area contributed by atoms with Gasteiger partial charge in [0.2, 0.25) is 5.91 Å². The predicted molar refractivity (Wildman–Crippen MR) is 104 cm³/mol. The molecular weight excluding hydrogens is 370 g/mol. The van der Waals surface area contributed by atoms with Crippen LogP contribution in [0, 0.1) is 0 Å². The van der Waals surface area contributed by atoms with Crippen LogP contribution < -0.4 is 4.74 Å². The Balaban J connectivity index is 1.76. The van der Waals surface area contributed by atoms with Gasteiger partial charge in [0.25, 0.3) is 0 Å². The Hall–Kier alpha value is -2.12. The Labute approximate surface area is 157 Å². The van der Waals surface area contributed by atoms with Gasteiger partial charge in [-0.15, -0.1) is 11.3 Å². The van der Waals surface area contributed by atoms with Crippen LogP contribution in [-0.2, 0) is 21.2 Å². The van der Waals surface area contributed by atoms with Gasteiger partial charge >= 0.3 is 0 Å². The van der Waals surface area contributed by atoms with E-state index in [4.69, 9.17) is 4.74 Å². The number of carbonyl (C=O) groups is 1. The summed E-state index contributed by atoms with van der Waals surface area (Å²) in [6.07, 6.45) is 3.75. The summed E-state index contributed by atoms with van der Waals surface area (Å²) in [6.45, 7) is 0.434. The average molecular weight is 392 g/mol. The highest BCUT2D eigenvalue weighted by atomic mass is 32.2. The molecule has 0 unspecified atom stereocenters. The number of carbonyl (C=O) groups excluding carboxylic acids is 1. The second-order valence-electron chi connectivity index (χ2n) is 6.21. The van der Waals surface area contributed by atoms with Gasteiger partial charge in [0.1, 0.15) is 5.75 Å². The zero-order valence-electron chi connectivity index (χ0n) is 14.5. The van der Waals surface area contributed by atoms with E-state index in [1.807, 2.05) is 41.8 Å². The van der Waals surface area contributed by atoms with Gasteiger partial charge in [-0.2, -0.15) is 0 Å². The number of hydrogen-bond acceptors (Lipinski definition) is 5. The lowest BCUT2D eigenvalue weighted by Gasteiger charge is -2.26. The first kappa shape index (κ1) is 18.7. The van der Waals surface area contributed by atoms with Gasteiger partial charge in [0.15, 0.2) is 9.84 Å². The summed E-state index contributed by atoms with van der Waals surface area (Å²) in [5, 5.41) is 1.95. The minimum atomic E-state index is -3.06. The maximum atomic E-state index is 12.8. The molecule has 0 saturated carbocycles. The number of nitrogens with zero attached hydrogens (tertiary/aromatic N) is 1. The molecule has 1 aromatic carbocycles. The van der Waals surface area contributed by atoms with E-state index in [1.54, 1.807) is 29.4 Å². The van der Waals surface area contributed by atoms with Crippen molar-refractivity contribution in [3.8, 4) is 5.75 Å². The molecule has 5 nitrogen and oxygen atoms in total. The molecule has 0 aliphatic carbocycles. The van der Waals surface area contributed by atoms with E-state index in [-0.39, 0.29) is 23.5 Å². The van der Waals surface area contributed by atoms with E-state index < -0.39 is 9.84 Å². The minimum absolute atomic E-state index is 0.0422. The summed E-state index contributed by atoms with van der Waals surface area (Å²) in [6, 6.07) is 11.0. The summed E-state index contributed by atoms with van der Waals surface area (Å²) >= 11 is 1.56. The second kappa shape index (κ2) is 8.05. The van der Waals surface area contributed by atoms with E-state index in [1.165, 1.54) is 6.08 Å². The second-order valence-corrected chi connectivity index (χ2v) is 9.47. The monoisotopic (exact) mass is 391 g/mol. The Morgan fingerprint density at radius 2 is 2.08 bits per heavy atom. The zero-order chi connectivity index (χ0) is 18.6. The van der Waals surface area contributed by atoms with Gasteiger partial charge in [-0.05, 0) is 41.6 Å². The fourth-order valence-corrected chi connectivity index (χ4v) is 5.39. The number of hydrogen-bond donors (Lipinski definition) is 0. The Morgan fingerprint density at radius 3 is 2.65 bits per heavy atom. The molecule has 1 aromatic heterocycles. The van der Waals surface area contributed by atoms with Crippen molar-refractivity contribution in [2.24, 2.45) is 0 Å². The van der Waals surface area contributed by atoms with Crippen molar-refractivity contribution < 1.29 is 17.9 Å². The molecule has 26 heavy (non-hydrogen) atoms. The molecule has 1 atom stereocenters. The highest BCUT2D eigenvalue weighted by Crippen LogP contribution is 2.22. The lowest BCUT2D eigenvalue weighted by Crippen LogP contribution is -2.39. The smallest absolute Gasteiger partial charge is 0.247 e. The minimum Gasteiger partial charge on any atom is -0.497 e. The zero-order valence-corrected chi connectivity index (χ0v) is 16.1. The van der Waals surface area contributed by atoms with Crippen LogP contribution in [-0.4, -0.2) is 43.9 Å². The molecule has 0 bridgehead atoms. The van der Waals surface area contributed by atoms with Crippen LogP contribution in [0.3, 0.4) is 0 Å². The molecular formula is C19H21NO4S2. The summed E-state index contributed by atoms with van der Waals surface area (Å²) in [4.78, 5) is 15.5. The van der Waals surface area contributed by atoms with Crippen LogP contribution >= 0.6 is 11.3 Å². The Bertz CT molecular complexity index is 871. The number of rotatable bonds is 6. The summed E-state index contributed by atoms with van der Waals surface area (Å²) < 4.78 is 28.8. The third-order valence-corrected chi connectivity index (χ3v) is 6.98. The highest BCUT2D eigenvalue weighted by molar-refractivity contribution is 7.91.